The molecule has 7 heteroatoms. The summed E-state index contributed by atoms with van der Waals surface area (Å²) in [6.45, 7) is 2.10. The summed E-state index contributed by atoms with van der Waals surface area (Å²) >= 11 is 0. The second kappa shape index (κ2) is 8.37. The Morgan fingerprint density at radius 3 is 2.42 bits per heavy atom. The lowest BCUT2D eigenvalue weighted by Crippen LogP contribution is -2.33. The van der Waals surface area contributed by atoms with Gasteiger partial charge in [0.25, 0.3) is 0 Å². The van der Waals surface area contributed by atoms with Gasteiger partial charge in [-0.15, -0.1) is 12.4 Å². The first-order valence-electron chi connectivity index (χ1n) is 5.77. The highest BCUT2D eigenvalue weighted by Crippen LogP contribution is 2.05. The minimum atomic E-state index is -3.27. The van der Waals surface area contributed by atoms with Crippen molar-refractivity contribution >= 4 is 28.1 Å². The number of benzene rings is 1. The lowest BCUT2D eigenvalue weighted by molar-refractivity contribution is 0.136. The van der Waals surface area contributed by atoms with Gasteiger partial charge in [-0.2, -0.15) is 0 Å². The predicted octanol–water partition coefficient (Wildman–Crippen LogP) is 1.19. The number of rotatable bonds is 7. The van der Waals surface area contributed by atoms with E-state index in [0.717, 1.165) is 5.56 Å². The minimum Gasteiger partial charge on any atom is -0.399 e. The van der Waals surface area contributed by atoms with Crippen LogP contribution in [-0.2, 0) is 21.2 Å². The van der Waals surface area contributed by atoms with Gasteiger partial charge >= 0.3 is 0 Å². The number of nitrogens with two attached hydrogens (primary N) is 1. The van der Waals surface area contributed by atoms with Gasteiger partial charge in [0.15, 0.2) is 0 Å². The summed E-state index contributed by atoms with van der Waals surface area (Å²) in [6.07, 6.45) is 0.333. The lowest BCUT2D eigenvalue weighted by atomic mass is 10.1. The van der Waals surface area contributed by atoms with Crippen LogP contribution in [0.4, 0.5) is 5.69 Å². The first-order valence-corrected chi connectivity index (χ1v) is 7.43. The van der Waals surface area contributed by atoms with Gasteiger partial charge in [-0.25, -0.2) is 13.1 Å². The Hall–Kier alpha value is -0.820. The standard InChI is InChI=1S/C12H20N2O3S.ClH/c1-10(17-2)9-18(15,16)14-8-7-11-3-5-12(13)6-4-11;/h3-6,10,14H,7-9,13H2,1-2H3;1H. The third-order valence-corrected chi connectivity index (χ3v) is 4.12. The zero-order valence-electron chi connectivity index (χ0n) is 11.1. The molecule has 19 heavy (non-hydrogen) atoms. The van der Waals surface area contributed by atoms with Crippen molar-refractivity contribution in [3.05, 3.63) is 29.8 Å². The van der Waals surface area contributed by atoms with E-state index in [1.165, 1.54) is 7.11 Å². The van der Waals surface area contributed by atoms with E-state index in [4.69, 9.17) is 10.5 Å². The largest absolute Gasteiger partial charge is 0.399 e. The molecule has 0 spiro atoms. The summed E-state index contributed by atoms with van der Waals surface area (Å²) in [4.78, 5) is 0. The fraction of sp³-hybridized carbons (Fsp3) is 0.500. The monoisotopic (exact) mass is 308 g/mol. The maximum atomic E-state index is 11.6. The van der Waals surface area contributed by atoms with E-state index in [1.807, 2.05) is 12.1 Å². The van der Waals surface area contributed by atoms with E-state index in [0.29, 0.717) is 18.7 Å². The van der Waals surface area contributed by atoms with E-state index >= 15 is 0 Å². The SMILES string of the molecule is COC(C)CS(=O)(=O)NCCc1ccc(N)cc1.Cl. The van der Waals surface area contributed by atoms with E-state index in [1.54, 1.807) is 19.1 Å². The van der Waals surface area contributed by atoms with Gasteiger partial charge in [-0.1, -0.05) is 12.1 Å². The fourth-order valence-corrected chi connectivity index (χ4v) is 2.76. The van der Waals surface area contributed by atoms with Crippen molar-refractivity contribution in [2.75, 3.05) is 25.1 Å². The third-order valence-electron chi connectivity index (χ3n) is 2.57. The first kappa shape index (κ1) is 18.2. The van der Waals surface area contributed by atoms with Crippen molar-refractivity contribution < 1.29 is 13.2 Å². The smallest absolute Gasteiger partial charge is 0.214 e. The molecule has 0 aliphatic heterocycles. The number of nitrogens with one attached hydrogen (secondary N) is 1. The van der Waals surface area contributed by atoms with Gasteiger partial charge in [0.05, 0.1) is 11.9 Å². The highest BCUT2D eigenvalue weighted by Gasteiger charge is 2.14. The Morgan fingerprint density at radius 1 is 1.32 bits per heavy atom. The maximum Gasteiger partial charge on any atom is 0.214 e. The van der Waals surface area contributed by atoms with E-state index in [2.05, 4.69) is 4.72 Å². The number of methoxy groups -OCH3 is 1. The Bertz CT molecular complexity index is 462. The van der Waals surface area contributed by atoms with Crippen LogP contribution in [0.25, 0.3) is 0 Å². The van der Waals surface area contributed by atoms with E-state index in [9.17, 15) is 8.42 Å². The normalized spacial score (nSPS) is 12.7. The Labute approximate surface area is 121 Å². The number of ether oxygens (including phenoxy) is 1. The number of nitrogen functional groups attached to an aromatic ring is 1. The zero-order chi connectivity index (χ0) is 13.6. The van der Waals surface area contributed by atoms with Crippen LogP contribution in [0.1, 0.15) is 12.5 Å². The van der Waals surface area contributed by atoms with Gasteiger partial charge in [0, 0.05) is 19.3 Å². The van der Waals surface area contributed by atoms with Crippen LogP contribution in [0.3, 0.4) is 0 Å². The predicted molar refractivity (Wildman–Crippen MR) is 80.1 cm³/mol. The van der Waals surface area contributed by atoms with E-state index in [-0.39, 0.29) is 24.3 Å². The molecule has 0 heterocycles. The molecule has 3 N–H and O–H groups in total. The highest BCUT2D eigenvalue weighted by molar-refractivity contribution is 7.89. The highest BCUT2D eigenvalue weighted by atomic mass is 35.5. The first-order chi connectivity index (χ1) is 8.43. The molecule has 0 bridgehead atoms. The van der Waals surface area contributed by atoms with E-state index < -0.39 is 10.0 Å². The number of halogens is 1. The van der Waals surface area contributed by atoms with Gasteiger partial charge < -0.3 is 10.5 Å². The molecule has 0 radical (unpaired) electrons. The maximum absolute atomic E-state index is 11.6. The molecule has 0 aliphatic rings. The molecule has 1 unspecified atom stereocenters. The van der Waals surface area contributed by atoms with Crippen molar-refractivity contribution in [2.45, 2.75) is 19.4 Å². The van der Waals surface area contributed by atoms with Gasteiger partial charge in [-0.05, 0) is 31.0 Å². The van der Waals surface area contributed by atoms with Gasteiger partial charge in [0.1, 0.15) is 0 Å². The summed E-state index contributed by atoms with van der Waals surface area (Å²) in [5, 5.41) is 0. The van der Waals surface area contributed by atoms with Crippen molar-refractivity contribution in [3.63, 3.8) is 0 Å². The molecule has 0 aliphatic carbocycles. The summed E-state index contributed by atoms with van der Waals surface area (Å²) in [6, 6.07) is 7.39. The Kier molecular flexibility index (Phi) is 8.01. The molecule has 1 aromatic carbocycles. The second-order valence-electron chi connectivity index (χ2n) is 4.21. The molecule has 0 amide bonds. The van der Waals surface area contributed by atoms with Crippen LogP contribution in [0, 0.1) is 0 Å². The molecule has 1 rings (SSSR count). The average molecular weight is 309 g/mol. The quantitative estimate of drug-likeness (QED) is 0.741. The van der Waals surface area contributed by atoms with Crippen molar-refractivity contribution in [1.29, 1.82) is 0 Å². The molecule has 110 valence electrons. The number of anilines is 1. The fourth-order valence-electron chi connectivity index (χ4n) is 1.47. The summed E-state index contributed by atoms with van der Waals surface area (Å²) in [5.41, 5.74) is 7.32. The topological polar surface area (TPSA) is 81.4 Å². The second-order valence-corrected chi connectivity index (χ2v) is 6.07. The van der Waals surface area contributed by atoms with Crippen LogP contribution in [0.2, 0.25) is 0 Å². The molecule has 1 aromatic rings. The summed E-state index contributed by atoms with van der Waals surface area (Å²) in [7, 11) is -1.78. The van der Waals surface area contributed by atoms with Gasteiger partial charge in [0.2, 0.25) is 10.0 Å². The van der Waals surface area contributed by atoms with Crippen LogP contribution in [-0.4, -0.2) is 33.9 Å². The van der Waals surface area contributed by atoms with Crippen molar-refractivity contribution in [2.24, 2.45) is 0 Å². The molecule has 0 saturated heterocycles. The number of sulfonamides is 1. The molecule has 0 aromatic heterocycles. The third kappa shape index (κ3) is 7.37. The zero-order valence-corrected chi connectivity index (χ0v) is 12.8. The van der Waals surface area contributed by atoms with Gasteiger partial charge in [-0.3, -0.25) is 0 Å². The van der Waals surface area contributed by atoms with Crippen LogP contribution >= 0.6 is 12.4 Å². The number of hydrogen-bond acceptors (Lipinski definition) is 4. The molecule has 0 fully saturated rings. The molecular weight excluding hydrogens is 288 g/mol. The van der Waals surface area contributed by atoms with Crippen LogP contribution < -0.4 is 10.5 Å². The summed E-state index contributed by atoms with van der Waals surface area (Å²) in [5.74, 6) is -0.0226. The average Bonchev–Trinajstić information content (AvgIpc) is 2.31. The van der Waals surface area contributed by atoms with Crippen molar-refractivity contribution in [3.8, 4) is 0 Å². The van der Waals surface area contributed by atoms with Crippen molar-refractivity contribution in [1.82, 2.24) is 4.72 Å². The molecule has 1 atom stereocenters. The molecule has 0 saturated carbocycles. The summed E-state index contributed by atoms with van der Waals surface area (Å²) < 4.78 is 30.7. The van der Waals surface area contributed by atoms with Crippen LogP contribution in [0.5, 0.6) is 0 Å². The number of hydrogen-bond donors (Lipinski definition) is 2. The Morgan fingerprint density at radius 2 is 1.89 bits per heavy atom. The molecular formula is C12H21ClN2O3S. The lowest BCUT2D eigenvalue weighted by Gasteiger charge is -2.11. The van der Waals surface area contributed by atoms with Crippen LogP contribution in [0.15, 0.2) is 24.3 Å². The minimum absolute atomic E-state index is 0. The molecule has 5 nitrogen and oxygen atoms in total. The Balaban J connectivity index is 0.00000324.